The van der Waals surface area contributed by atoms with Gasteiger partial charge in [0.2, 0.25) is 0 Å². The lowest BCUT2D eigenvalue weighted by Gasteiger charge is -2.09. The van der Waals surface area contributed by atoms with Gasteiger partial charge in [-0.3, -0.25) is 4.79 Å². The first-order valence-corrected chi connectivity index (χ1v) is 7.26. The lowest BCUT2D eigenvalue weighted by atomic mass is 9.87. The molecule has 0 amide bonds. The second-order valence-corrected chi connectivity index (χ2v) is 5.44. The number of halogens is 1. The summed E-state index contributed by atoms with van der Waals surface area (Å²) < 4.78 is 15.8. The molecule has 0 aromatic heterocycles. The summed E-state index contributed by atoms with van der Waals surface area (Å²) in [6, 6.07) is 11.1. The molecule has 112 valence electrons. The Kier molecular flexibility index (Phi) is 4.36. The monoisotopic (exact) mass is 316 g/mol. The molecule has 1 heterocycles. The molecule has 2 aromatic carbocycles. The Morgan fingerprint density at radius 1 is 1.27 bits per heavy atom. The van der Waals surface area contributed by atoms with E-state index in [9.17, 15) is 4.79 Å². The Morgan fingerprint density at radius 3 is 2.82 bits per heavy atom. The fourth-order valence-corrected chi connectivity index (χ4v) is 2.55. The third-order valence-electron chi connectivity index (χ3n) is 3.52. The van der Waals surface area contributed by atoms with Gasteiger partial charge in [0.15, 0.2) is 0 Å². The van der Waals surface area contributed by atoms with E-state index in [1.165, 1.54) is 12.6 Å². The van der Waals surface area contributed by atoms with Crippen LogP contribution in [0, 0.1) is 0 Å². The maximum absolute atomic E-state index is 11.3. The largest absolute Gasteiger partial charge is 0.469 e. The predicted molar refractivity (Wildman–Crippen MR) is 85.3 cm³/mol. The summed E-state index contributed by atoms with van der Waals surface area (Å²) in [7, 11) is 2.01. The third-order valence-corrected chi connectivity index (χ3v) is 3.87. The van der Waals surface area contributed by atoms with Gasteiger partial charge in [0.1, 0.15) is 11.5 Å². The van der Waals surface area contributed by atoms with Gasteiger partial charge in [-0.25, -0.2) is 0 Å². The summed E-state index contributed by atoms with van der Waals surface area (Å²) in [5.41, 5.74) is 3.05. The van der Waals surface area contributed by atoms with Crippen LogP contribution in [0.2, 0.25) is 5.02 Å². The highest BCUT2D eigenvalue weighted by Gasteiger charge is 2.14. The molecule has 3 rings (SSSR count). The first-order valence-electron chi connectivity index (χ1n) is 6.88. The number of hydrogen-bond acceptors (Lipinski definition) is 4. The van der Waals surface area contributed by atoms with Crippen molar-refractivity contribution in [1.29, 1.82) is 0 Å². The van der Waals surface area contributed by atoms with E-state index in [1.807, 2.05) is 18.2 Å². The molecule has 0 saturated heterocycles. The van der Waals surface area contributed by atoms with Crippen LogP contribution in [0.3, 0.4) is 0 Å². The van der Waals surface area contributed by atoms with Crippen molar-refractivity contribution in [3.8, 4) is 11.5 Å². The van der Waals surface area contributed by atoms with Gasteiger partial charge in [0.25, 0.3) is 0 Å². The van der Waals surface area contributed by atoms with Crippen LogP contribution in [0.25, 0.3) is 0 Å². The first-order chi connectivity index (χ1) is 10.7. The summed E-state index contributed by atoms with van der Waals surface area (Å²) in [6.45, 7) is 0.616. The standard InChI is InChI=1S/C16H14BClO4/c1-20-16(19)7-10-2-3-13(8-15(10)18)22-12-4-5-14-11(6-12)9-21-17-14/h2-6,8,17H,7,9H2,1H3. The van der Waals surface area contributed by atoms with E-state index in [2.05, 4.69) is 4.74 Å². The molecule has 22 heavy (non-hydrogen) atoms. The van der Waals surface area contributed by atoms with E-state index >= 15 is 0 Å². The van der Waals surface area contributed by atoms with E-state index in [4.69, 9.17) is 21.0 Å². The molecule has 0 bridgehead atoms. The van der Waals surface area contributed by atoms with Crippen LogP contribution in [0.1, 0.15) is 11.1 Å². The molecule has 0 saturated carbocycles. The zero-order valence-electron chi connectivity index (χ0n) is 12.1. The fraction of sp³-hybridized carbons (Fsp3) is 0.188. The Bertz CT molecular complexity index is 717. The summed E-state index contributed by atoms with van der Waals surface area (Å²) in [4.78, 5) is 11.3. The van der Waals surface area contributed by atoms with Gasteiger partial charge >= 0.3 is 13.5 Å². The molecule has 1 aliphatic heterocycles. The Balaban J connectivity index is 1.75. The van der Waals surface area contributed by atoms with Crippen LogP contribution in [0.5, 0.6) is 11.5 Å². The number of ether oxygens (including phenoxy) is 2. The number of fused-ring (bicyclic) bond motifs is 1. The van der Waals surface area contributed by atoms with Crippen LogP contribution < -0.4 is 10.2 Å². The maximum atomic E-state index is 11.3. The Morgan fingerprint density at radius 2 is 2.05 bits per heavy atom. The predicted octanol–water partition coefficient (Wildman–Crippen LogP) is 2.35. The zero-order chi connectivity index (χ0) is 15.5. The second kappa shape index (κ2) is 6.42. The molecule has 0 unspecified atom stereocenters. The van der Waals surface area contributed by atoms with E-state index in [1.54, 1.807) is 18.2 Å². The molecule has 1 aliphatic rings. The van der Waals surface area contributed by atoms with E-state index in [0.717, 1.165) is 11.3 Å². The number of methoxy groups -OCH3 is 1. The van der Waals surface area contributed by atoms with Crippen molar-refractivity contribution in [3.05, 3.63) is 52.5 Å². The lowest BCUT2D eigenvalue weighted by molar-refractivity contribution is -0.139. The number of benzene rings is 2. The number of carbonyl (C=O) groups is 1. The van der Waals surface area contributed by atoms with Crippen LogP contribution in [-0.4, -0.2) is 20.6 Å². The van der Waals surface area contributed by atoms with Crippen molar-refractivity contribution in [1.82, 2.24) is 0 Å². The van der Waals surface area contributed by atoms with Gasteiger partial charge in [0.05, 0.1) is 20.1 Å². The molecular weight excluding hydrogens is 302 g/mol. The normalized spacial score (nSPS) is 12.5. The zero-order valence-corrected chi connectivity index (χ0v) is 12.9. The average molecular weight is 317 g/mol. The molecule has 0 atom stereocenters. The number of rotatable bonds is 4. The fourth-order valence-electron chi connectivity index (χ4n) is 2.31. The Labute approximate surface area is 134 Å². The number of carbonyl (C=O) groups excluding carboxylic acids is 1. The van der Waals surface area contributed by atoms with Crippen molar-refractivity contribution in [2.75, 3.05) is 7.11 Å². The summed E-state index contributed by atoms with van der Waals surface area (Å²) in [6.07, 6.45) is 0.145. The van der Waals surface area contributed by atoms with Crippen LogP contribution in [0.15, 0.2) is 36.4 Å². The van der Waals surface area contributed by atoms with Crippen LogP contribution in [-0.2, 0) is 27.2 Å². The summed E-state index contributed by atoms with van der Waals surface area (Å²) >= 11 is 6.18. The minimum Gasteiger partial charge on any atom is -0.469 e. The average Bonchev–Trinajstić information content (AvgIpc) is 2.97. The van der Waals surface area contributed by atoms with Gasteiger partial charge < -0.3 is 14.1 Å². The number of hydrogen-bond donors (Lipinski definition) is 0. The van der Waals surface area contributed by atoms with Gasteiger partial charge in [0, 0.05) is 5.02 Å². The lowest BCUT2D eigenvalue weighted by Crippen LogP contribution is -2.10. The van der Waals surface area contributed by atoms with Crippen LogP contribution in [0.4, 0.5) is 0 Å². The van der Waals surface area contributed by atoms with Gasteiger partial charge in [-0.05, 0) is 40.9 Å². The first kappa shape index (κ1) is 14.9. The van der Waals surface area contributed by atoms with Gasteiger partial charge in [-0.1, -0.05) is 23.7 Å². The minimum absolute atomic E-state index is 0.145. The second-order valence-electron chi connectivity index (χ2n) is 5.03. The van der Waals surface area contributed by atoms with E-state index < -0.39 is 0 Å². The van der Waals surface area contributed by atoms with Crippen LogP contribution >= 0.6 is 11.6 Å². The molecule has 0 aliphatic carbocycles. The van der Waals surface area contributed by atoms with Crippen molar-refractivity contribution in [2.45, 2.75) is 13.0 Å². The molecule has 0 fully saturated rings. The third kappa shape index (κ3) is 3.26. The van der Waals surface area contributed by atoms with Crippen molar-refractivity contribution < 1.29 is 18.9 Å². The van der Waals surface area contributed by atoms with Gasteiger partial charge in [-0.2, -0.15) is 0 Å². The quantitative estimate of drug-likeness (QED) is 0.641. The maximum Gasteiger partial charge on any atom is 0.310 e. The molecule has 0 N–H and O–H groups in total. The summed E-state index contributed by atoms with van der Waals surface area (Å²) in [5.74, 6) is 1.03. The van der Waals surface area contributed by atoms with E-state index in [0.29, 0.717) is 30.4 Å². The molecule has 2 aromatic rings. The number of esters is 1. The highest BCUT2D eigenvalue weighted by Crippen LogP contribution is 2.28. The molecule has 0 radical (unpaired) electrons. The molecule has 6 heteroatoms. The topological polar surface area (TPSA) is 44.8 Å². The molecule has 0 spiro atoms. The highest BCUT2D eigenvalue weighted by atomic mass is 35.5. The highest BCUT2D eigenvalue weighted by molar-refractivity contribution is 6.48. The van der Waals surface area contributed by atoms with Crippen molar-refractivity contribution in [3.63, 3.8) is 0 Å². The Hall–Kier alpha value is -1.98. The smallest absolute Gasteiger partial charge is 0.310 e. The van der Waals surface area contributed by atoms with Crippen molar-refractivity contribution in [2.24, 2.45) is 0 Å². The molecular formula is C16H14BClO4. The molecule has 4 nitrogen and oxygen atoms in total. The van der Waals surface area contributed by atoms with Crippen molar-refractivity contribution >= 4 is 30.5 Å². The minimum atomic E-state index is -0.325. The SMILES string of the molecule is COC(=O)Cc1ccc(Oc2ccc3c(c2)COB3)cc1Cl. The van der Waals surface area contributed by atoms with Gasteiger partial charge in [-0.15, -0.1) is 0 Å². The summed E-state index contributed by atoms with van der Waals surface area (Å²) in [5, 5.41) is 0.479. The van der Waals surface area contributed by atoms with E-state index in [-0.39, 0.29) is 12.4 Å².